The monoisotopic (exact) mass is 671 g/mol. The van der Waals surface area contributed by atoms with Crippen LogP contribution in [0.25, 0.3) is 22.5 Å². The number of aromatic carboxylic acids is 1. The molecule has 2 aromatic carbocycles. The molecule has 4 N–H and O–H groups in total. The van der Waals surface area contributed by atoms with Crippen LogP contribution in [0.1, 0.15) is 54.8 Å². The van der Waals surface area contributed by atoms with Crippen molar-refractivity contribution in [2.45, 2.75) is 52.5 Å². The van der Waals surface area contributed by atoms with E-state index in [0.717, 1.165) is 27.9 Å². The van der Waals surface area contributed by atoms with Crippen LogP contribution in [0, 0.1) is 0 Å². The molecule has 0 spiro atoms. The van der Waals surface area contributed by atoms with Gasteiger partial charge in [-0.15, -0.1) is 15.0 Å². The highest BCUT2D eigenvalue weighted by atomic mass is 32.2. The van der Waals surface area contributed by atoms with Crippen molar-refractivity contribution in [3.05, 3.63) is 71.3 Å². The molecule has 0 radical (unpaired) electrons. The lowest BCUT2D eigenvalue weighted by atomic mass is 9.98. The molecule has 0 aliphatic heterocycles. The van der Waals surface area contributed by atoms with E-state index in [9.17, 15) is 19.8 Å². The highest BCUT2D eigenvalue weighted by Gasteiger charge is 2.31. The summed E-state index contributed by atoms with van der Waals surface area (Å²) in [6.07, 6.45) is 0.430. The first kappa shape index (κ1) is 35.5. The first-order chi connectivity index (χ1) is 22.5. The zero-order valence-electron chi connectivity index (χ0n) is 26.1. The quantitative estimate of drug-likeness (QED) is 0.0711. The molecule has 47 heavy (non-hydrogen) atoms. The van der Waals surface area contributed by atoms with Crippen LogP contribution in [0.3, 0.4) is 0 Å². The van der Waals surface area contributed by atoms with Crippen LogP contribution in [0.2, 0.25) is 0 Å². The second-order valence-corrected chi connectivity index (χ2v) is 11.9. The van der Waals surface area contributed by atoms with Crippen molar-refractivity contribution in [2.24, 2.45) is 0 Å². The number of carboxylic acids is 1. The van der Waals surface area contributed by atoms with Crippen LogP contribution in [0.15, 0.2) is 48.5 Å². The number of ether oxygens (including phenoxy) is 2. The Morgan fingerprint density at radius 2 is 1.70 bits per heavy atom. The van der Waals surface area contributed by atoms with E-state index in [1.54, 1.807) is 4.57 Å². The molecule has 17 heteroatoms. The Morgan fingerprint density at radius 1 is 1.00 bits per heavy atom. The van der Waals surface area contributed by atoms with Crippen molar-refractivity contribution in [1.82, 2.24) is 35.1 Å². The zero-order valence-corrected chi connectivity index (χ0v) is 27.0. The Morgan fingerprint density at radius 3 is 2.36 bits per heavy atom. The van der Waals surface area contributed by atoms with Gasteiger partial charge in [-0.2, -0.15) is 11.8 Å². The van der Waals surface area contributed by atoms with Crippen LogP contribution in [0.5, 0.6) is 0 Å². The summed E-state index contributed by atoms with van der Waals surface area (Å²) < 4.78 is 11.7. The lowest BCUT2D eigenvalue weighted by molar-refractivity contribution is -0.490. The van der Waals surface area contributed by atoms with Gasteiger partial charge >= 0.3 is 12.1 Å². The third kappa shape index (κ3) is 9.80. The molecule has 0 unspecified atom stereocenters. The summed E-state index contributed by atoms with van der Waals surface area (Å²) in [4.78, 5) is 34.2. The van der Waals surface area contributed by atoms with E-state index >= 15 is 0 Å². The molecule has 0 aliphatic carbocycles. The van der Waals surface area contributed by atoms with Crippen LogP contribution < -0.4 is 0 Å². The van der Waals surface area contributed by atoms with Crippen molar-refractivity contribution in [1.29, 1.82) is 0 Å². The molecule has 16 nitrogen and oxygen atoms in total. The van der Waals surface area contributed by atoms with E-state index in [4.69, 9.17) is 19.9 Å². The van der Waals surface area contributed by atoms with E-state index in [2.05, 4.69) is 25.2 Å². The molecular weight excluding hydrogens is 634 g/mol. The largest absolute Gasteiger partial charge is 0.510 e. The number of hydrogen-bond donors (Lipinski definition) is 4. The summed E-state index contributed by atoms with van der Waals surface area (Å²) in [6.45, 7) is 5.15. The summed E-state index contributed by atoms with van der Waals surface area (Å²) in [6, 6.07) is 15.2. The molecule has 0 bridgehead atoms. The predicted molar refractivity (Wildman–Crippen MR) is 167 cm³/mol. The number of benzene rings is 2. The van der Waals surface area contributed by atoms with Crippen LogP contribution >= 0.6 is 11.8 Å². The van der Waals surface area contributed by atoms with E-state index < -0.39 is 17.7 Å². The van der Waals surface area contributed by atoms with Crippen molar-refractivity contribution in [3.8, 4) is 22.5 Å². The number of imidazole rings is 1. The van der Waals surface area contributed by atoms with Gasteiger partial charge in [0.1, 0.15) is 23.7 Å². The summed E-state index contributed by atoms with van der Waals surface area (Å²) in [5.41, 5.74) is 1.95. The molecule has 0 atom stereocenters. The fourth-order valence-corrected chi connectivity index (χ4v) is 5.25. The third-order valence-electron chi connectivity index (χ3n) is 6.71. The van der Waals surface area contributed by atoms with Crippen LogP contribution in [-0.2, 0) is 39.6 Å². The fraction of sp³-hybridized carbons (Fsp3) is 0.400. The molecular formula is C30H37N7O9S. The number of aromatic nitrogens is 6. The fourth-order valence-electron chi connectivity index (χ4n) is 4.65. The maximum Gasteiger partial charge on any atom is 0.510 e. The van der Waals surface area contributed by atoms with Crippen molar-refractivity contribution >= 4 is 23.9 Å². The highest BCUT2D eigenvalue weighted by Crippen LogP contribution is 2.31. The Labute approximate surface area is 274 Å². The average Bonchev–Trinajstić information content (AvgIpc) is 3.65. The minimum Gasteiger partial charge on any atom is -0.477 e. The van der Waals surface area contributed by atoms with Gasteiger partial charge in [-0.05, 0) is 42.2 Å². The van der Waals surface area contributed by atoms with Crippen molar-refractivity contribution in [3.63, 3.8) is 0 Å². The summed E-state index contributed by atoms with van der Waals surface area (Å²) in [5.74, 6) is 0.676. The van der Waals surface area contributed by atoms with Gasteiger partial charge in [-0.3, -0.25) is 10.4 Å². The van der Waals surface area contributed by atoms with Gasteiger partial charge in [0.05, 0.1) is 12.0 Å². The minimum absolute atomic E-state index is 0.0255. The number of carboxylic acid groups (broad SMARTS) is 1. The molecule has 0 aliphatic rings. The normalized spacial score (nSPS) is 11.6. The van der Waals surface area contributed by atoms with E-state index in [1.807, 2.05) is 55.5 Å². The third-order valence-corrected chi connectivity index (χ3v) is 7.62. The Hall–Kier alpha value is -4.39. The van der Waals surface area contributed by atoms with Crippen molar-refractivity contribution in [2.75, 3.05) is 24.7 Å². The minimum atomic E-state index is -1.41. The van der Waals surface area contributed by atoms with E-state index in [0.29, 0.717) is 35.1 Å². The molecule has 2 aromatic heterocycles. The van der Waals surface area contributed by atoms with Crippen LogP contribution in [0.4, 0.5) is 4.79 Å². The highest BCUT2D eigenvalue weighted by molar-refractivity contribution is 7.99. The molecule has 0 fully saturated rings. The number of aliphatic hydroxyl groups is 1. The number of nitrogens with zero attached hydrogens (tertiary/aromatic N) is 7. The molecule has 0 saturated carbocycles. The topological polar surface area (TPSA) is 207 Å². The Bertz CT molecular complexity index is 1640. The predicted octanol–water partition coefficient (Wildman–Crippen LogP) is 3.99. The summed E-state index contributed by atoms with van der Waals surface area (Å²) >= 11 is 1.38. The number of tetrazole rings is 1. The van der Waals surface area contributed by atoms with Gasteiger partial charge in [0.2, 0.25) is 12.6 Å². The lowest BCUT2D eigenvalue weighted by Crippen LogP contribution is -2.22. The number of carbonyl (C=O) groups excluding carboxylic acids is 1. The number of rotatable bonds is 17. The van der Waals surface area contributed by atoms with Gasteiger partial charge in [-0.1, -0.05) is 55.5 Å². The molecule has 252 valence electrons. The van der Waals surface area contributed by atoms with Gasteiger partial charge in [0, 0.05) is 30.0 Å². The number of aryl methyl sites for hydroxylation is 1. The zero-order chi connectivity index (χ0) is 34.0. The summed E-state index contributed by atoms with van der Waals surface area (Å²) in [5, 5.41) is 49.6. The number of thioether (sulfide) groups is 1. The molecule has 0 amide bonds. The van der Waals surface area contributed by atoms with E-state index in [1.165, 1.54) is 25.6 Å². The number of hydrogen-bond acceptors (Lipinski definition) is 14. The SMILES string of the molecule is CCCc1nc(C(C)(C)O)c(C(=O)O)n1Cc1ccc(-c2ccccc2-c2nnn(COC(=O)OCCSCCON(O)O)n2)cc1. The lowest BCUT2D eigenvalue weighted by Gasteiger charge is -2.16. The Balaban J connectivity index is 1.41. The van der Waals surface area contributed by atoms with Gasteiger partial charge in [0.15, 0.2) is 5.69 Å². The van der Waals surface area contributed by atoms with Gasteiger partial charge < -0.3 is 24.3 Å². The maximum absolute atomic E-state index is 12.2. The van der Waals surface area contributed by atoms with E-state index in [-0.39, 0.29) is 43.3 Å². The average molecular weight is 672 g/mol. The first-order valence-corrected chi connectivity index (χ1v) is 15.8. The van der Waals surface area contributed by atoms with Crippen molar-refractivity contribution < 1.29 is 44.5 Å². The number of carbonyl (C=O) groups is 2. The molecule has 2 heterocycles. The smallest absolute Gasteiger partial charge is 0.477 e. The van der Waals surface area contributed by atoms with Gasteiger partial charge in [0.25, 0.3) is 0 Å². The molecule has 0 saturated heterocycles. The standard InChI is InChI=1S/C30H37N7O9S/c1-4-7-24-31-26(30(2,3)41)25(28(38)39)35(24)18-20-10-12-21(13-11-20)22-8-5-6-9-23(22)27-32-34-36(33-27)19-45-29(40)44-14-16-47-17-15-46-37(42)43/h5-6,8-13,41-43H,4,7,14-19H2,1-3H3,(H,38,39). The summed E-state index contributed by atoms with van der Waals surface area (Å²) in [7, 11) is 0. The maximum atomic E-state index is 12.2. The second-order valence-electron chi connectivity index (χ2n) is 10.7. The Kier molecular flexibility index (Phi) is 12.4. The molecule has 4 aromatic rings. The molecule has 4 rings (SSSR count). The second kappa shape index (κ2) is 16.4. The van der Waals surface area contributed by atoms with Gasteiger partial charge in [-0.25, -0.2) is 19.4 Å². The first-order valence-electron chi connectivity index (χ1n) is 14.7. The van der Waals surface area contributed by atoms with Crippen LogP contribution in [-0.4, -0.2) is 92.6 Å².